The van der Waals surface area contributed by atoms with Crippen molar-refractivity contribution in [1.82, 2.24) is 0 Å². The van der Waals surface area contributed by atoms with E-state index in [4.69, 9.17) is 0 Å². The summed E-state index contributed by atoms with van der Waals surface area (Å²) < 4.78 is 0. The van der Waals surface area contributed by atoms with Gasteiger partial charge < -0.3 is 0 Å². The summed E-state index contributed by atoms with van der Waals surface area (Å²) in [6, 6.07) is 16.7. The number of hydrogen-bond donors (Lipinski definition) is 0. The molecule has 0 bridgehead atoms. The second-order valence-corrected chi connectivity index (χ2v) is 2.35. The molecule has 0 spiro atoms. The summed E-state index contributed by atoms with van der Waals surface area (Å²) in [6.07, 6.45) is 0. The molecule has 0 aliphatic heterocycles. The Kier molecular flexibility index (Phi) is 3.05. The maximum absolute atomic E-state index is 2.12. The van der Waals surface area contributed by atoms with Gasteiger partial charge in [0.2, 0.25) is 0 Å². The molecule has 0 aliphatic rings. The van der Waals surface area contributed by atoms with Gasteiger partial charge in [0.15, 0.2) is 0 Å². The van der Waals surface area contributed by atoms with Crippen molar-refractivity contribution in [2.24, 2.45) is 0 Å². The van der Waals surface area contributed by atoms with Crippen molar-refractivity contribution in [2.45, 2.75) is 0 Å². The fourth-order valence-corrected chi connectivity index (χ4v) is 1.13. The van der Waals surface area contributed by atoms with Gasteiger partial charge in [0.25, 0.3) is 0 Å². The second kappa shape index (κ2) is 3.85. The van der Waals surface area contributed by atoms with Crippen LogP contribution in [0.2, 0.25) is 0 Å². The van der Waals surface area contributed by atoms with E-state index in [1.165, 1.54) is 10.8 Å². The summed E-state index contributed by atoms with van der Waals surface area (Å²) in [7, 11) is 0. The smallest absolute Gasteiger partial charge is 0 e. The van der Waals surface area contributed by atoms with Crippen molar-refractivity contribution in [1.29, 1.82) is 0 Å². The molecule has 0 aromatic heterocycles. The largest absolute Gasteiger partial charge is 0.0616 e. The van der Waals surface area contributed by atoms with Crippen LogP contribution in [0.4, 0.5) is 0 Å². The number of benzene rings is 2. The van der Waals surface area contributed by atoms with Crippen LogP contribution in [0.25, 0.3) is 10.8 Å². The minimum Gasteiger partial charge on any atom is -0.0616 e. The van der Waals surface area contributed by atoms with Gasteiger partial charge in [0.1, 0.15) is 0 Å². The summed E-state index contributed by atoms with van der Waals surface area (Å²) in [4.78, 5) is 0. The SMILES string of the molecule is [Cd].c1ccc2ccccc2c1. The first kappa shape index (κ1) is 8.72. The van der Waals surface area contributed by atoms with Crippen LogP contribution in [-0.2, 0) is 27.3 Å². The van der Waals surface area contributed by atoms with Crippen LogP contribution in [-0.4, -0.2) is 0 Å². The van der Waals surface area contributed by atoms with Crippen LogP contribution >= 0.6 is 0 Å². The molecule has 0 heterocycles. The molecule has 0 nitrogen and oxygen atoms in total. The van der Waals surface area contributed by atoms with E-state index in [9.17, 15) is 0 Å². The molecule has 11 heavy (non-hydrogen) atoms. The monoisotopic (exact) mass is 242 g/mol. The minimum absolute atomic E-state index is 0. The Bertz CT molecular complexity index is 276. The predicted octanol–water partition coefficient (Wildman–Crippen LogP) is 2.84. The second-order valence-electron chi connectivity index (χ2n) is 2.35. The van der Waals surface area contributed by atoms with Crippen LogP contribution in [0.5, 0.6) is 0 Å². The maximum atomic E-state index is 2.12. The molecule has 0 N–H and O–H groups in total. The van der Waals surface area contributed by atoms with Gasteiger partial charge in [-0.05, 0) is 10.8 Å². The molecule has 0 saturated heterocycles. The molecule has 2 aromatic rings. The van der Waals surface area contributed by atoms with Crippen molar-refractivity contribution in [2.75, 3.05) is 0 Å². The van der Waals surface area contributed by atoms with Crippen molar-refractivity contribution in [3.05, 3.63) is 48.5 Å². The fourth-order valence-electron chi connectivity index (χ4n) is 1.13. The summed E-state index contributed by atoms with van der Waals surface area (Å²) in [5.41, 5.74) is 0. The van der Waals surface area contributed by atoms with E-state index >= 15 is 0 Å². The van der Waals surface area contributed by atoms with Crippen molar-refractivity contribution < 1.29 is 27.3 Å². The van der Waals surface area contributed by atoms with E-state index in [0.717, 1.165) is 0 Å². The van der Waals surface area contributed by atoms with Crippen molar-refractivity contribution in [3.8, 4) is 0 Å². The van der Waals surface area contributed by atoms with Gasteiger partial charge in [0.05, 0.1) is 0 Å². The van der Waals surface area contributed by atoms with Crippen LogP contribution < -0.4 is 0 Å². The van der Waals surface area contributed by atoms with Crippen molar-refractivity contribution >= 4 is 10.8 Å². The zero-order valence-corrected chi connectivity index (χ0v) is 10.4. The van der Waals surface area contributed by atoms with Crippen LogP contribution in [0.15, 0.2) is 48.5 Å². The van der Waals surface area contributed by atoms with E-state index in [1.54, 1.807) is 0 Å². The van der Waals surface area contributed by atoms with Crippen LogP contribution in [0.3, 0.4) is 0 Å². The van der Waals surface area contributed by atoms with Crippen LogP contribution in [0, 0.1) is 0 Å². The summed E-state index contributed by atoms with van der Waals surface area (Å²) in [5.74, 6) is 0. The Morgan fingerprint density at radius 1 is 0.545 bits per heavy atom. The molecule has 0 radical (unpaired) electrons. The standard InChI is InChI=1S/C10H8.Cd/c1-2-6-10-8-4-3-7-9(10)5-1;/h1-8H;. The summed E-state index contributed by atoms with van der Waals surface area (Å²) in [5, 5.41) is 2.62. The zero-order chi connectivity index (χ0) is 6.81. The Balaban J connectivity index is 0.000000605. The topological polar surface area (TPSA) is 0 Å². The zero-order valence-electron chi connectivity index (χ0n) is 6.33. The molecule has 50 valence electrons. The molecule has 0 unspecified atom stereocenters. The molecule has 0 saturated carbocycles. The molecule has 2 aromatic carbocycles. The molecule has 0 aliphatic carbocycles. The molecule has 0 fully saturated rings. The van der Waals surface area contributed by atoms with Crippen LogP contribution in [0.1, 0.15) is 0 Å². The number of fused-ring (bicyclic) bond motifs is 1. The first-order valence-corrected chi connectivity index (χ1v) is 3.40. The normalized spacial score (nSPS) is 9.09. The van der Waals surface area contributed by atoms with Gasteiger partial charge in [-0.15, -0.1) is 0 Å². The van der Waals surface area contributed by atoms with E-state index in [-0.39, 0.29) is 27.3 Å². The third kappa shape index (κ3) is 1.80. The number of hydrogen-bond acceptors (Lipinski definition) is 0. The third-order valence-corrected chi connectivity index (χ3v) is 1.66. The number of rotatable bonds is 0. The van der Waals surface area contributed by atoms with Gasteiger partial charge in [-0.3, -0.25) is 0 Å². The Hall–Kier alpha value is -0.378. The van der Waals surface area contributed by atoms with Gasteiger partial charge in [0, 0.05) is 27.3 Å². The molecule has 0 amide bonds. The Morgan fingerprint density at radius 2 is 0.818 bits per heavy atom. The Labute approximate surface area is 86.4 Å². The fraction of sp³-hybridized carbons (Fsp3) is 0. The molecule has 2 rings (SSSR count). The molecular weight excluding hydrogens is 233 g/mol. The molecule has 0 atom stereocenters. The average molecular weight is 241 g/mol. The first-order chi connectivity index (χ1) is 4.97. The van der Waals surface area contributed by atoms with E-state index in [2.05, 4.69) is 48.5 Å². The van der Waals surface area contributed by atoms with Gasteiger partial charge in [-0.1, -0.05) is 48.5 Å². The van der Waals surface area contributed by atoms with E-state index in [0.29, 0.717) is 0 Å². The minimum atomic E-state index is 0. The quantitative estimate of drug-likeness (QED) is 0.621. The maximum Gasteiger partial charge on any atom is 0 e. The predicted molar refractivity (Wildman–Crippen MR) is 43.9 cm³/mol. The first-order valence-electron chi connectivity index (χ1n) is 3.40. The van der Waals surface area contributed by atoms with Gasteiger partial charge >= 0.3 is 0 Å². The Morgan fingerprint density at radius 3 is 1.09 bits per heavy atom. The summed E-state index contributed by atoms with van der Waals surface area (Å²) in [6.45, 7) is 0. The third-order valence-electron chi connectivity index (χ3n) is 1.66. The summed E-state index contributed by atoms with van der Waals surface area (Å²) >= 11 is 0. The molecular formula is C10H8Cd. The molecule has 1 heteroatoms. The van der Waals surface area contributed by atoms with Gasteiger partial charge in [-0.2, -0.15) is 0 Å². The van der Waals surface area contributed by atoms with E-state index in [1.807, 2.05) is 0 Å². The van der Waals surface area contributed by atoms with E-state index < -0.39 is 0 Å². The van der Waals surface area contributed by atoms with Gasteiger partial charge in [-0.25, -0.2) is 0 Å². The average Bonchev–Trinajstić information content (AvgIpc) is 2.05. The van der Waals surface area contributed by atoms with Crippen molar-refractivity contribution in [3.63, 3.8) is 0 Å².